The molecule has 0 spiro atoms. The smallest absolute Gasteiger partial charge is 0.189 e. The van der Waals surface area contributed by atoms with Crippen molar-refractivity contribution < 1.29 is 0 Å². The molecule has 0 aromatic carbocycles. The lowest BCUT2D eigenvalue weighted by Gasteiger charge is -2.21. The first-order valence-electron chi connectivity index (χ1n) is 9.43. The van der Waals surface area contributed by atoms with E-state index < -0.39 is 0 Å². The van der Waals surface area contributed by atoms with Gasteiger partial charge in [-0.25, -0.2) is 19.9 Å². The minimum absolute atomic E-state index is 0.700. The predicted molar refractivity (Wildman–Crippen MR) is 113 cm³/mol. The molecule has 0 radical (unpaired) electrons. The molecule has 1 aliphatic rings. The molecular formula is C20H20N8S. The average molecular weight is 405 g/mol. The molecule has 8 nitrogen and oxygen atoms in total. The van der Waals surface area contributed by atoms with Gasteiger partial charge in [-0.1, -0.05) is 6.07 Å². The summed E-state index contributed by atoms with van der Waals surface area (Å²) in [4.78, 5) is 21.6. The molecule has 29 heavy (non-hydrogen) atoms. The second-order valence-corrected chi connectivity index (χ2v) is 8.06. The van der Waals surface area contributed by atoms with Gasteiger partial charge in [0.15, 0.2) is 5.13 Å². The number of hydrogen-bond acceptors (Lipinski definition) is 8. The van der Waals surface area contributed by atoms with Gasteiger partial charge in [-0.3, -0.25) is 5.10 Å². The molecule has 0 aliphatic carbocycles. The molecule has 1 aliphatic heterocycles. The summed E-state index contributed by atoms with van der Waals surface area (Å²) < 4.78 is 0. The van der Waals surface area contributed by atoms with Crippen LogP contribution in [0.1, 0.15) is 22.1 Å². The molecule has 0 fully saturated rings. The lowest BCUT2D eigenvalue weighted by Crippen LogP contribution is -2.25. The standard InChI is InChI=1S/C20H20N8S/c1-12-4-3-5-17(23-12)25-20-26-18-15-10-22-27-19(15)28(9-7-16(18)29-20)11-14-6-8-21-13(2)24-14/h3-6,8,10H,7,9,11H2,1-2H3,(H,22,27)(H,23,25,26). The maximum absolute atomic E-state index is 4.86. The third-order valence-corrected chi connectivity index (χ3v) is 5.84. The molecule has 9 heteroatoms. The Balaban J connectivity index is 1.44. The second kappa shape index (κ2) is 7.25. The summed E-state index contributed by atoms with van der Waals surface area (Å²) in [6, 6.07) is 7.88. The summed E-state index contributed by atoms with van der Waals surface area (Å²) in [5.41, 5.74) is 3.96. The van der Waals surface area contributed by atoms with Crippen molar-refractivity contribution in [2.75, 3.05) is 16.8 Å². The largest absolute Gasteiger partial charge is 0.350 e. The molecule has 4 aromatic rings. The van der Waals surface area contributed by atoms with Gasteiger partial charge in [-0.05, 0) is 32.0 Å². The summed E-state index contributed by atoms with van der Waals surface area (Å²) in [5, 5.41) is 11.6. The van der Waals surface area contributed by atoms with Crippen LogP contribution < -0.4 is 10.2 Å². The van der Waals surface area contributed by atoms with E-state index in [0.29, 0.717) is 6.54 Å². The topological polar surface area (TPSA) is 95.5 Å². The fourth-order valence-corrected chi connectivity index (χ4v) is 4.47. The molecule has 0 atom stereocenters. The van der Waals surface area contributed by atoms with E-state index in [1.165, 1.54) is 4.88 Å². The highest BCUT2D eigenvalue weighted by Gasteiger charge is 2.25. The van der Waals surface area contributed by atoms with E-state index >= 15 is 0 Å². The number of anilines is 3. The maximum Gasteiger partial charge on any atom is 0.189 e. The Labute approximate surface area is 172 Å². The van der Waals surface area contributed by atoms with Gasteiger partial charge in [0.05, 0.1) is 29.7 Å². The van der Waals surface area contributed by atoms with Crippen LogP contribution in [0.4, 0.5) is 16.8 Å². The Bertz CT molecular complexity index is 1160. The quantitative estimate of drug-likeness (QED) is 0.536. The number of fused-ring (bicyclic) bond motifs is 3. The van der Waals surface area contributed by atoms with Crippen LogP contribution in [-0.2, 0) is 13.0 Å². The van der Waals surface area contributed by atoms with Crippen molar-refractivity contribution in [1.29, 1.82) is 0 Å². The highest BCUT2D eigenvalue weighted by Crippen LogP contribution is 2.39. The van der Waals surface area contributed by atoms with Crippen LogP contribution in [0.3, 0.4) is 0 Å². The summed E-state index contributed by atoms with van der Waals surface area (Å²) in [5.74, 6) is 2.57. The van der Waals surface area contributed by atoms with Gasteiger partial charge in [-0.15, -0.1) is 11.3 Å². The van der Waals surface area contributed by atoms with Crippen molar-refractivity contribution in [2.24, 2.45) is 0 Å². The number of aryl methyl sites for hydroxylation is 2. The van der Waals surface area contributed by atoms with Gasteiger partial charge in [0.1, 0.15) is 17.5 Å². The molecule has 5 rings (SSSR count). The minimum Gasteiger partial charge on any atom is -0.350 e. The van der Waals surface area contributed by atoms with E-state index in [1.54, 1.807) is 17.5 Å². The predicted octanol–water partition coefficient (Wildman–Crippen LogP) is 3.64. The van der Waals surface area contributed by atoms with E-state index in [2.05, 4.69) is 35.4 Å². The molecular weight excluding hydrogens is 384 g/mol. The maximum atomic E-state index is 4.86. The van der Waals surface area contributed by atoms with Gasteiger partial charge in [0.2, 0.25) is 0 Å². The van der Waals surface area contributed by atoms with Gasteiger partial charge < -0.3 is 10.2 Å². The van der Waals surface area contributed by atoms with Gasteiger partial charge in [0, 0.05) is 29.7 Å². The normalized spacial score (nSPS) is 13.0. The Morgan fingerprint density at radius 3 is 2.97 bits per heavy atom. The van der Waals surface area contributed by atoms with Crippen molar-refractivity contribution >= 4 is 28.1 Å². The number of nitrogens with one attached hydrogen (secondary N) is 2. The fourth-order valence-electron chi connectivity index (χ4n) is 3.50. The zero-order chi connectivity index (χ0) is 19.8. The Kier molecular flexibility index (Phi) is 4.44. The van der Waals surface area contributed by atoms with Gasteiger partial charge in [0.25, 0.3) is 0 Å². The summed E-state index contributed by atoms with van der Waals surface area (Å²) >= 11 is 1.67. The summed E-state index contributed by atoms with van der Waals surface area (Å²) in [6.07, 6.45) is 4.56. The SMILES string of the molecule is Cc1cccc(Nc2nc3c(s2)CCN(Cc2ccnc(C)n2)c2[nH]ncc2-3)n1. The van der Waals surface area contributed by atoms with Crippen LogP contribution >= 0.6 is 11.3 Å². The molecule has 0 unspecified atom stereocenters. The van der Waals surface area contributed by atoms with E-state index in [-0.39, 0.29) is 0 Å². The molecule has 0 amide bonds. The Morgan fingerprint density at radius 1 is 1.17 bits per heavy atom. The summed E-state index contributed by atoms with van der Waals surface area (Å²) in [6.45, 7) is 5.45. The van der Waals surface area contributed by atoms with Crippen molar-refractivity contribution in [3.05, 3.63) is 58.7 Å². The second-order valence-electron chi connectivity index (χ2n) is 6.98. The number of aromatic nitrogens is 6. The number of rotatable bonds is 4. The van der Waals surface area contributed by atoms with Crippen LogP contribution in [0.5, 0.6) is 0 Å². The summed E-state index contributed by atoms with van der Waals surface area (Å²) in [7, 11) is 0. The average Bonchev–Trinajstić information content (AvgIpc) is 3.29. The number of nitrogens with zero attached hydrogens (tertiary/aromatic N) is 6. The lowest BCUT2D eigenvalue weighted by atomic mass is 10.2. The number of aromatic amines is 1. The zero-order valence-corrected chi connectivity index (χ0v) is 17.0. The monoisotopic (exact) mass is 404 g/mol. The van der Waals surface area contributed by atoms with Crippen LogP contribution in [0.2, 0.25) is 0 Å². The van der Waals surface area contributed by atoms with E-state index in [4.69, 9.17) is 4.98 Å². The van der Waals surface area contributed by atoms with Crippen molar-refractivity contribution in [1.82, 2.24) is 30.1 Å². The van der Waals surface area contributed by atoms with Crippen molar-refractivity contribution in [3.63, 3.8) is 0 Å². The van der Waals surface area contributed by atoms with Crippen molar-refractivity contribution in [2.45, 2.75) is 26.8 Å². The van der Waals surface area contributed by atoms with Crippen LogP contribution in [0.25, 0.3) is 11.3 Å². The highest BCUT2D eigenvalue weighted by atomic mass is 32.1. The van der Waals surface area contributed by atoms with Crippen LogP contribution in [0, 0.1) is 13.8 Å². The number of H-pyrrole nitrogens is 1. The molecule has 2 N–H and O–H groups in total. The van der Waals surface area contributed by atoms with Crippen LogP contribution in [0.15, 0.2) is 36.7 Å². The first-order valence-corrected chi connectivity index (χ1v) is 10.2. The number of pyridine rings is 1. The van der Waals surface area contributed by atoms with Crippen LogP contribution in [-0.4, -0.2) is 36.7 Å². The molecule has 0 saturated carbocycles. The lowest BCUT2D eigenvalue weighted by molar-refractivity contribution is 0.754. The third-order valence-electron chi connectivity index (χ3n) is 4.81. The molecule has 0 bridgehead atoms. The zero-order valence-electron chi connectivity index (χ0n) is 16.2. The van der Waals surface area contributed by atoms with Crippen molar-refractivity contribution in [3.8, 4) is 11.3 Å². The van der Waals surface area contributed by atoms with Gasteiger partial charge in [-0.2, -0.15) is 5.10 Å². The first kappa shape index (κ1) is 17.7. The Morgan fingerprint density at radius 2 is 2.10 bits per heavy atom. The molecule has 4 aromatic heterocycles. The molecule has 0 saturated heterocycles. The van der Waals surface area contributed by atoms with Gasteiger partial charge >= 0.3 is 0 Å². The molecule has 146 valence electrons. The van der Waals surface area contributed by atoms with E-state index in [1.807, 2.05) is 44.3 Å². The van der Waals surface area contributed by atoms with E-state index in [0.717, 1.165) is 58.2 Å². The Hall–Kier alpha value is -3.33. The fraction of sp³-hybridized carbons (Fsp3) is 0.250. The third kappa shape index (κ3) is 3.56. The first-order chi connectivity index (χ1) is 14.2. The minimum atomic E-state index is 0.700. The number of hydrogen-bond donors (Lipinski definition) is 2. The highest BCUT2D eigenvalue weighted by molar-refractivity contribution is 7.16. The van der Waals surface area contributed by atoms with E-state index in [9.17, 15) is 0 Å². The molecule has 5 heterocycles. The number of thiazole rings is 1.